The number of fused-ring (bicyclic) bond motifs is 1. The Labute approximate surface area is 158 Å². The van der Waals surface area contributed by atoms with Crippen LogP contribution in [0, 0.1) is 6.92 Å². The number of benzene rings is 1. The maximum atomic E-state index is 5.90. The number of nitrogens with two attached hydrogens (primary N) is 1. The predicted molar refractivity (Wildman–Crippen MR) is 108 cm³/mol. The van der Waals surface area contributed by atoms with Gasteiger partial charge in [0, 0.05) is 24.8 Å². The Morgan fingerprint density at radius 2 is 1.96 bits per heavy atom. The summed E-state index contributed by atoms with van der Waals surface area (Å²) in [6.07, 6.45) is 3.65. The van der Waals surface area contributed by atoms with E-state index in [1.165, 1.54) is 5.56 Å². The van der Waals surface area contributed by atoms with Crippen LogP contribution in [0.4, 0.5) is 5.69 Å². The van der Waals surface area contributed by atoms with Gasteiger partial charge in [-0.2, -0.15) is 0 Å². The fourth-order valence-electron chi connectivity index (χ4n) is 2.32. The summed E-state index contributed by atoms with van der Waals surface area (Å²) in [5, 5.41) is 11.4. The molecule has 126 valence electrons. The number of aryl methyl sites for hydroxylation is 2. The third kappa shape index (κ3) is 4.67. The Morgan fingerprint density at radius 1 is 1.17 bits per heavy atom. The summed E-state index contributed by atoms with van der Waals surface area (Å²) in [4.78, 5) is 4.35. The SMILES string of the molecule is Cc1ccc(NC(N)=NCCCc2nnc3ccccn23)cc1.I. The van der Waals surface area contributed by atoms with E-state index in [9.17, 15) is 0 Å². The zero-order chi connectivity index (χ0) is 16.1. The van der Waals surface area contributed by atoms with Gasteiger partial charge in [0.15, 0.2) is 11.6 Å². The van der Waals surface area contributed by atoms with Crippen LogP contribution < -0.4 is 11.1 Å². The quantitative estimate of drug-likeness (QED) is 0.279. The van der Waals surface area contributed by atoms with Gasteiger partial charge in [0.2, 0.25) is 0 Å². The zero-order valence-corrected chi connectivity index (χ0v) is 15.8. The highest BCUT2D eigenvalue weighted by Gasteiger charge is 2.03. The number of anilines is 1. The van der Waals surface area contributed by atoms with E-state index in [1.54, 1.807) is 0 Å². The first-order valence-electron chi connectivity index (χ1n) is 7.64. The van der Waals surface area contributed by atoms with E-state index < -0.39 is 0 Å². The molecule has 3 rings (SSSR count). The molecule has 3 N–H and O–H groups in total. The van der Waals surface area contributed by atoms with Crippen LogP contribution in [0.25, 0.3) is 5.65 Å². The maximum Gasteiger partial charge on any atom is 0.193 e. The van der Waals surface area contributed by atoms with Crippen LogP contribution in [-0.4, -0.2) is 27.1 Å². The highest BCUT2D eigenvalue weighted by atomic mass is 127. The average Bonchev–Trinajstić information content (AvgIpc) is 2.97. The molecule has 0 atom stereocenters. The second-order valence-electron chi connectivity index (χ2n) is 5.41. The van der Waals surface area contributed by atoms with Gasteiger partial charge in [-0.15, -0.1) is 34.2 Å². The van der Waals surface area contributed by atoms with Crippen LogP contribution >= 0.6 is 24.0 Å². The molecule has 0 amide bonds. The maximum absolute atomic E-state index is 5.90. The minimum atomic E-state index is 0. The van der Waals surface area contributed by atoms with Gasteiger partial charge >= 0.3 is 0 Å². The van der Waals surface area contributed by atoms with Crippen molar-refractivity contribution in [3.8, 4) is 0 Å². The van der Waals surface area contributed by atoms with Crippen molar-refractivity contribution in [2.24, 2.45) is 10.7 Å². The lowest BCUT2D eigenvalue weighted by molar-refractivity contribution is 0.770. The summed E-state index contributed by atoms with van der Waals surface area (Å²) in [6, 6.07) is 13.9. The molecule has 7 heteroatoms. The number of rotatable bonds is 5. The molecular formula is C17H21IN6. The first kappa shape index (κ1) is 18.2. The molecule has 1 aromatic carbocycles. The van der Waals surface area contributed by atoms with Gasteiger partial charge in [0.05, 0.1) is 0 Å². The lowest BCUT2D eigenvalue weighted by Gasteiger charge is -2.05. The van der Waals surface area contributed by atoms with Gasteiger partial charge in [0.1, 0.15) is 5.82 Å². The molecule has 2 heterocycles. The van der Waals surface area contributed by atoms with Crippen LogP contribution in [0.2, 0.25) is 0 Å². The fraction of sp³-hybridized carbons (Fsp3) is 0.235. The van der Waals surface area contributed by atoms with Gasteiger partial charge < -0.3 is 11.1 Å². The predicted octanol–water partition coefficient (Wildman–Crippen LogP) is 3.02. The number of pyridine rings is 1. The number of aliphatic imine (C=N–C) groups is 1. The third-order valence-electron chi connectivity index (χ3n) is 3.55. The molecule has 0 radical (unpaired) electrons. The van der Waals surface area contributed by atoms with Gasteiger partial charge in [-0.05, 0) is 37.6 Å². The molecule has 0 aliphatic rings. The van der Waals surface area contributed by atoms with Crippen molar-refractivity contribution in [1.82, 2.24) is 14.6 Å². The van der Waals surface area contributed by atoms with Crippen LogP contribution in [0.3, 0.4) is 0 Å². The molecule has 0 saturated carbocycles. The van der Waals surface area contributed by atoms with E-state index in [2.05, 4.69) is 27.4 Å². The number of guanidine groups is 1. The Bertz CT molecular complexity index is 809. The van der Waals surface area contributed by atoms with E-state index in [0.29, 0.717) is 12.5 Å². The topological polar surface area (TPSA) is 80.6 Å². The Morgan fingerprint density at radius 3 is 2.75 bits per heavy atom. The van der Waals surface area contributed by atoms with Crippen LogP contribution in [0.1, 0.15) is 17.8 Å². The van der Waals surface area contributed by atoms with Gasteiger partial charge in [-0.3, -0.25) is 9.39 Å². The molecule has 0 unspecified atom stereocenters. The molecule has 0 spiro atoms. The lowest BCUT2D eigenvalue weighted by Crippen LogP contribution is -2.22. The molecule has 2 aromatic heterocycles. The summed E-state index contributed by atoms with van der Waals surface area (Å²) < 4.78 is 2.00. The summed E-state index contributed by atoms with van der Waals surface area (Å²) in [5.41, 5.74) is 8.93. The van der Waals surface area contributed by atoms with E-state index in [0.717, 1.165) is 30.0 Å². The summed E-state index contributed by atoms with van der Waals surface area (Å²) in [5.74, 6) is 1.38. The molecular weight excluding hydrogens is 415 g/mol. The number of nitrogens with one attached hydrogen (secondary N) is 1. The van der Waals surface area contributed by atoms with Crippen molar-refractivity contribution < 1.29 is 0 Å². The number of nitrogens with zero attached hydrogens (tertiary/aromatic N) is 4. The standard InChI is InChI=1S/C17H20N6.HI/c1-13-7-9-14(10-8-13)20-17(18)19-11-4-6-16-22-21-15-5-2-3-12-23(15)16;/h2-3,5,7-10,12H,4,6,11H2,1H3,(H3,18,19,20);1H. The molecule has 6 nitrogen and oxygen atoms in total. The van der Waals surface area contributed by atoms with Gasteiger partial charge in [-0.1, -0.05) is 23.8 Å². The minimum Gasteiger partial charge on any atom is -0.370 e. The van der Waals surface area contributed by atoms with Crippen molar-refractivity contribution >= 4 is 41.3 Å². The molecule has 0 aliphatic heterocycles. The minimum absolute atomic E-state index is 0. The van der Waals surface area contributed by atoms with Crippen molar-refractivity contribution in [1.29, 1.82) is 0 Å². The van der Waals surface area contributed by atoms with E-state index in [4.69, 9.17) is 5.73 Å². The molecule has 0 fully saturated rings. The number of hydrogen-bond donors (Lipinski definition) is 2. The monoisotopic (exact) mass is 436 g/mol. The number of aromatic nitrogens is 3. The summed E-state index contributed by atoms with van der Waals surface area (Å²) >= 11 is 0. The highest BCUT2D eigenvalue weighted by Crippen LogP contribution is 2.08. The Kier molecular flexibility index (Phi) is 6.53. The largest absolute Gasteiger partial charge is 0.370 e. The molecule has 0 saturated heterocycles. The Balaban J connectivity index is 0.00000208. The molecule has 0 bridgehead atoms. The van der Waals surface area contributed by atoms with Crippen molar-refractivity contribution in [2.75, 3.05) is 11.9 Å². The zero-order valence-electron chi connectivity index (χ0n) is 13.5. The highest BCUT2D eigenvalue weighted by molar-refractivity contribution is 14.0. The van der Waals surface area contributed by atoms with Crippen LogP contribution in [-0.2, 0) is 6.42 Å². The van der Waals surface area contributed by atoms with E-state index in [1.807, 2.05) is 53.1 Å². The first-order chi connectivity index (χ1) is 11.2. The van der Waals surface area contributed by atoms with Crippen LogP contribution in [0.5, 0.6) is 0 Å². The van der Waals surface area contributed by atoms with Gasteiger partial charge in [0.25, 0.3) is 0 Å². The second kappa shape index (κ2) is 8.62. The number of hydrogen-bond acceptors (Lipinski definition) is 3. The first-order valence-corrected chi connectivity index (χ1v) is 7.64. The molecule has 24 heavy (non-hydrogen) atoms. The number of halogens is 1. The summed E-state index contributed by atoms with van der Waals surface area (Å²) in [6.45, 7) is 2.70. The average molecular weight is 436 g/mol. The summed E-state index contributed by atoms with van der Waals surface area (Å²) in [7, 11) is 0. The van der Waals surface area contributed by atoms with Crippen molar-refractivity contribution in [3.63, 3.8) is 0 Å². The van der Waals surface area contributed by atoms with Crippen LogP contribution in [0.15, 0.2) is 53.7 Å². The third-order valence-corrected chi connectivity index (χ3v) is 3.55. The van der Waals surface area contributed by atoms with Crippen molar-refractivity contribution in [2.45, 2.75) is 19.8 Å². The van der Waals surface area contributed by atoms with E-state index >= 15 is 0 Å². The van der Waals surface area contributed by atoms with Crippen molar-refractivity contribution in [3.05, 3.63) is 60.0 Å². The van der Waals surface area contributed by atoms with E-state index in [-0.39, 0.29) is 24.0 Å². The fourth-order valence-corrected chi connectivity index (χ4v) is 2.32. The van der Waals surface area contributed by atoms with Gasteiger partial charge in [-0.25, -0.2) is 0 Å². The molecule has 0 aliphatic carbocycles. The smallest absolute Gasteiger partial charge is 0.193 e. The lowest BCUT2D eigenvalue weighted by atomic mass is 10.2. The normalized spacial score (nSPS) is 11.3. The molecule has 3 aromatic rings. The Hall–Kier alpha value is -2.16. The second-order valence-corrected chi connectivity index (χ2v) is 5.41.